The van der Waals surface area contributed by atoms with E-state index in [1.54, 1.807) is 0 Å². The number of aryl methyl sites for hydroxylation is 1. The molecule has 1 aromatic rings. The van der Waals surface area contributed by atoms with Crippen LogP contribution in [0.3, 0.4) is 0 Å². The molecular formula is C14H21NS. The highest BCUT2D eigenvalue weighted by Gasteiger charge is 2.17. The van der Waals surface area contributed by atoms with Crippen LogP contribution in [0.1, 0.15) is 42.9 Å². The Morgan fingerprint density at radius 2 is 2.00 bits per heavy atom. The van der Waals surface area contributed by atoms with Crippen LogP contribution >= 0.6 is 11.8 Å². The normalized spacial score (nSPS) is 18.9. The molecule has 1 aliphatic carbocycles. The number of hydrogen-bond acceptors (Lipinski definition) is 2. The molecule has 1 fully saturated rings. The van der Waals surface area contributed by atoms with E-state index in [-0.39, 0.29) is 6.04 Å². The topological polar surface area (TPSA) is 26.0 Å². The number of rotatable bonds is 4. The number of nitrogens with two attached hydrogens (primary N) is 1. The lowest BCUT2D eigenvalue weighted by molar-refractivity contribution is 0.813. The summed E-state index contributed by atoms with van der Waals surface area (Å²) in [5.41, 5.74) is 8.89. The molecule has 1 atom stereocenters. The maximum absolute atomic E-state index is 6.25. The average Bonchev–Trinajstić information content (AvgIpc) is 2.79. The second-order valence-electron chi connectivity index (χ2n) is 4.70. The van der Waals surface area contributed by atoms with E-state index in [4.69, 9.17) is 5.73 Å². The van der Waals surface area contributed by atoms with Crippen LogP contribution in [0.2, 0.25) is 0 Å². The highest BCUT2D eigenvalue weighted by molar-refractivity contribution is 7.99. The summed E-state index contributed by atoms with van der Waals surface area (Å²) in [6.45, 7) is 2.15. The quantitative estimate of drug-likeness (QED) is 0.861. The standard InChI is InChI=1S/C14H21NS/c1-11-6-2-5-9-13(11)14(15)10-16-12-7-3-4-8-12/h2,5-6,9,12,14H,3-4,7-8,10,15H2,1H3. The molecule has 1 unspecified atom stereocenters. The van der Waals surface area contributed by atoms with Gasteiger partial charge in [0.15, 0.2) is 0 Å². The first-order valence-corrected chi connectivity index (χ1v) is 7.25. The largest absolute Gasteiger partial charge is 0.323 e. The molecule has 1 aromatic carbocycles. The molecule has 2 N–H and O–H groups in total. The molecule has 0 saturated heterocycles. The molecule has 0 aliphatic heterocycles. The predicted molar refractivity (Wildman–Crippen MR) is 72.8 cm³/mol. The maximum atomic E-state index is 6.25. The third-order valence-corrected chi connectivity index (χ3v) is 4.90. The van der Waals surface area contributed by atoms with Gasteiger partial charge in [-0.25, -0.2) is 0 Å². The van der Waals surface area contributed by atoms with Gasteiger partial charge in [0.25, 0.3) is 0 Å². The van der Waals surface area contributed by atoms with Crippen LogP contribution in [-0.2, 0) is 0 Å². The minimum Gasteiger partial charge on any atom is -0.323 e. The van der Waals surface area contributed by atoms with E-state index in [0.717, 1.165) is 11.0 Å². The van der Waals surface area contributed by atoms with E-state index >= 15 is 0 Å². The monoisotopic (exact) mass is 235 g/mol. The minimum absolute atomic E-state index is 0.201. The Morgan fingerprint density at radius 3 is 2.69 bits per heavy atom. The second kappa shape index (κ2) is 5.74. The van der Waals surface area contributed by atoms with E-state index in [1.807, 2.05) is 0 Å². The Kier molecular flexibility index (Phi) is 4.30. The summed E-state index contributed by atoms with van der Waals surface area (Å²) in [6, 6.07) is 8.68. The number of thioether (sulfide) groups is 1. The van der Waals surface area contributed by atoms with Gasteiger partial charge in [-0.1, -0.05) is 37.1 Å². The van der Waals surface area contributed by atoms with E-state index in [9.17, 15) is 0 Å². The molecule has 2 heteroatoms. The van der Waals surface area contributed by atoms with Crippen LogP contribution in [0.25, 0.3) is 0 Å². The minimum atomic E-state index is 0.201. The van der Waals surface area contributed by atoms with Crippen molar-refractivity contribution in [3.05, 3.63) is 35.4 Å². The van der Waals surface area contributed by atoms with Gasteiger partial charge in [-0.2, -0.15) is 11.8 Å². The van der Waals surface area contributed by atoms with Gasteiger partial charge in [0.05, 0.1) is 0 Å². The van der Waals surface area contributed by atoms with Crippen molar-refractivity contribution in [3.63, 3.8) is 0 Å². The lowest BCUT2D eigenvalue weighted by Gasteiger charge is -2.16. The summed E-state index contributed by atoms with van der Waals surface area (Å²) in [5, 5.41) is 0.870. The molecule has 0 spiro atoms. The lowest BCUT2D eigenvalue weighted by atomic mass is 10.0. The molecule has 1 aliphatic rings. The summed E-state index contributed by atoms with van der Waals surface area (Å²) >= 11 is 2.07. The van der Waals surface area contributed by atoms with Gasteiger partial charge in [0.2, 0.25) is 0 Å². The lowest BCUT2D eigenvalue weighted by Crippen LogP contribution is -2.15. The Morgan fingerprint density at radius 1 is 1.31 bits per heavy atom. The zero-order valence-electron chi connectivity index (χ0n) is 9.99. The maximum Gasteiger partial charge on any atom is 0.0389 e. The van der Waals surface area contributed by atoms with E-state index < -0.39 is 0 Å². The van der Waals surface area contributed by atoms with Crippen LogP contribution in [0.5, 0.6) is 0 Å². The first-order valence-electron chi connectivity index (χ1n) is 6.20. The molecule has 0 radical (unpaired) electrons. The molecule has 0 amide bonds. The molecule has 88 valence electrons. The van der Waals surface area contributed by atoms with Gasteiger partial charge in [0, 0.05) is 17.0 Å². The van der Waals surface area contributed by atoms with Crippen molar-refractivity contribution in [2.24, 2.45) is 5.73 Å². The Bertz CT molecular complexity index is 331. The van der Waals surface area contributed by atoms with E-state index in [2.05, 4.69) is 43.0 Å². The molecule has 0 bridgehead atoms. The third kappa shape index (κ3) is 3.02. The number of hydrogen-bond donors (Lipinski definition) is 1. The predicted octanol–water partition coefficient (Wildman–Crippen LogP) is 3.67. The summed E-state index contributed by atoms with van der Waals surface area (Å²) in [5.74, 6) is 1.06. The molecule has 1 saturated carbocycles. The van der Waals surface area contributed by atoms with Gasteiger partial charge < -0.3 is 5.73 Å². The Balaban J connectivity index is 1.87. The smallest absolute Gasteiger partial charge is 0.0389 e. The summed E-state index contributed by atoms with van der Waals surface area (Å²) in [4.78, 5) is 0. The van der Waals surface area contributed by atoms with E-state index in [1.165, 1.54) is 36.8 Å². The third-order valence-electron chi connectivity index (χ3n) is 3.40. The first kappa shape index (κ1) is 12.0. The fourth-order valence-electron chi connectivity index (χ4n) is 2.39. The molecular weight excluding hydrogens is 214 g/mol. The summed E-state index contributed by atoms with van der Waals surface area (Å²) in [6.07, 6.45) is 5.62. The van der Waals surface area contributed by atoms with Crippen LogP contribution in [0.4, 0.5) is 0 Å². The van der Waals surface area contributed by atoms with Crippen LogP contribution < -0.4 is 5.73 Å². The fourth-order valence-corrected chi connectivity index (χ4v) is 3.71. The summed E-state index contributed by atoms with van der Waals surface area (Å²) < 4.78 is 0. The van der Waals surface area contributed by atoms with Crippen LogP contribution in [0, 0.1) is 6.92 Å². The van der Waals surface area contributed by atoms with Crippen molar-refractivity contribution in [3.8, 4) is 0 Å². The molecule has 0 aromatic heterocycles. The first-order chi connectivity index (χ1) is 7.77. The second-order valence-corrected chi connectivity index (χ2v) is 6.04. The van der Waals surface area contributed by atoms with Crippen molar-refractivity contribution in [2.45, 2.75) is 43.9 Å². The molecule has 16 heavy (non-hydrogen) atoms. The van der Waals surface area contributed by atoms with Crippen molar-refractivity contribution >= 4 is 11.8 Å². The fraction of sp³-hybridized carbons (Fsp3) is 0.571. The molecule has 1 nitrogen and oxygen atoms in total. The van der Waals surface area contributed by atoms with Crippen LogP contribution in [0.15, 0.2) is 24.3 Å². The van der Waals surface area contributed by atoms with Crippen molar-refractivity contribution in [2.75, 3.05) is 5.75 Å². The SMILES string of the molecule is Cc1ccccc1C(N)CSC1CCCC1. The van der Waals surface area contributed by atoms with Crippen LogP contribution in [-0.4, -0.2) is 11.0 Å². The summed E-state index contributed by atoms with van der Waals surface area (Å²) in [7, 11) is 0. The van der Waals surface area contributed by atoms with Gasteiger partial charge in [-0.3, -0.25) is 0 Å². The average molecular weight is 235 g/mol. The molecule has 2 rings (SSSR count). The highest BCUT2D eigenvalue weighted by atomic mass is 32.2. The van der Waals surface area contributed by atoms with Gasteiger partial charge in [-0.05, 0) is 30.9 Å². The zero-order chi connectivity index (χ0) is 11.4. The van der Waals surface area contributed by atoms with Crippen molar-refractivity contribution < 1.29 is 0 Å². The van der Waals surface area contributed by atoms with Gasteiger partial charge in [-0.15, -0.1) is 0 Å². The Labute approximate surface area is 103 Å². The van der Waals surface area contributed by atoms with Crippen molar-refractivity contribution in [1.29, 1.82) is 0 Å². The van der Waals surface area contributed by atoms with Gasteiger partial charge in [0.1, 0.15) is 0 Å². The Hall–Kier alpha value is -0.470. The highest BCUT2D eigenvalue weighted by Crippen LogP contribution is 2.31. The number of benzene rings is 1. The van der Waals surface area contributed by atoms with Gasteiger partial charge >= 0.3 is 0 Å². The molecule has 0 heterocycles. The zero-order valence-corrected chi connectivity index (χ0v) is 10.8. The van der Waals surface area contributed by atoms with Crippen molar-refractivity contribution in [1.82, 2.24) is 0 Å². The van der Waals surface area contributed by atoms with E-state index in [0.29, 0.717) is 0 Å².